The molecule has 0 aliphatic heterocycles. The van der Waals surface area contributed by atoms with Crippen molar-refractivity contribution in [1.29, 1.82) is 5.26 Å². The second-order valence-electron chi connectivity index (χ2n) is 8.37. The Morgan fingerprint density at radius 2 is 2.06 bits per heavy atom. The van der Waals surface area contributed by atoms with Crippen LogP contribution in [0.25, 0.3) is 11.9 Å². The maximum atomic E-state index is 14.6. The van der Waals surface area contributed by atoms with E-state index in [4.69, 9.17) is 10.00 Å². The predicted octanol–water partition coefficient (Wildman–Crippen LogP) is 6.98. The van der Waals surface area contributed by atoms with Gasteiger partial charge in [-0.25, -0.2) is 13.6 Å². The van der Waals surface area contributed by atoms with Gasteiger partial charge in [0.25, 0.3) is 0 Å². The van der Waals surface area contributed by atoms with Crippen LogP contribution in [0.4, 0.5) is 17.5 Å². The first-order valence-corrected chi connectivity index (χ1v) is 12.0. The lowest BCUT2D eigenvalue weighted by Gasteiger charge is -2.25. The number of carbonyl (C=O) groups excluding carboxylic acids is 1. The lowest BCUT2D eigenvalue weighted by molar-refractivity contribution is 0.0474. The number of carbonyl (C=O) groups is 1. The Kier molecular flexibility index (Phi) is 10.2. The Morgan fingerprint density at radius 1 is 1.34 bits per heavy atom. The minimum Gasteiger partial charge on any atom is -0.443 e. The van der Waals surface area contributed by atoms with E-state index in [1.54, 1.807) is 27.7 Å². The average molecular weight is 523 g/mol. The van der Waals surface area contributed by atoms with Crippen LogP contribution in [0.5, 0.6) is 0 Å². The molecule has 1 atom stereocenters. The van der Waals surface area contributed by atoms with E-state index in [-0.39, 0.29) is 34.9 Å². The van der Waals surface area contributed by atoms with Crippen LogP contribution in [0, 0.1) is 17.1 Å². The van der Waals surface area contributed by atoms with E-state index in [0.717, 1.165) is 11.8 Å². The number of hydrogen-bond donors (Lipinski definition) is 0. The molecular formula is C24H25F3N4O2S2. The number of thioether (sulfide) groups is 1. The largest absolute Gasteiger partial charge is 0.443 e. The molecule has 0 fully saturated rings. The molecule has 1 aromatic heterocycles. The Bertz CT molecular complexity index is 1140. The van der Waals surface area contributed by atoms with E-state index < -0.39 is 23.3 Å². The molecule has 0 spiro atoms. The van der Waals surface area contributed by atoms with E-state index in [9.17, 15) is 17.5 Å². The molecule has 0 bridgehead atoms. The van der Waals surface area contributed by atoms with Crippen LogP contribution in [0.1, 0.15) is 50.1 Å². The van der Waals surface area contributed by atoms with E-state index in [2.05, 4.69) is 9.98 Å². The van der Waals surface area contributed by atoms with Gasteiger partial charge in [-0.3, -0.25) is 9.98 Å². The van der Waals surface area contributed by atoms with Crippen LogP contribution in [0.15, 0.2) is 41.5 Å². The van der Waals surface area contributed by atoms with Crippen molar-refractivity contribution in [3.05, 3.63) is 64.7 Å². The topological polar surface area (TPSA) is 78.6 Å². The van der Waals surface area contributed by atoms with Crippen molar-refractivity contribution in [2.45, 2.75) is 45.0 Å². The number of hydrogen-bond acceptors (Lipinski definition) is 7. The minimum atomic E-state index is -0.907. The van der Waals surface area contributed by atoms with Gasteiger partial charge in [0.2, 0.25) is 0 Å². The van der Waals surface area contributed by atoms with Gasteiger partial charge < -0.3 is 4.74 Å². The zero-order chi connectivity index (χ0) is 26.2. The number of nitrogens with zero attached hydrogens (tertiary/aromatic N) is 4. The lowest BCUT2D eigenvalue weighted by atomic mass is 10.0. The van der Waals surface area contributed by atoms with Gasteiger partial charge >= 0.3 is 6.09 Å². The molecule has 1 unspecified atom stereocenters. The molecule has 1 heterocycles. The first-order valence-electron chi connectivity index (χ1n) is 10.4. The molecule has 1 aromatic carbocycles. The van der Waals surface area contributed by atoms with Gasteiger partial charge in [-0.05, 0) is 68.7 Å². The molecule has 0 saturated carbocycles. The maximum absolute atomic E-state index is 14.6. The summed E-state index contributed by atoms with van der Waals surface area (Å²) in [6, 6.07) is 8.93. The summed E-state index contributed by atoms with van der Waals surface area (Å²) >= 11 is 0.749. The number of pyridine rings is 1. The molecule has 35 heavy (non-hydrogen) atoms. The number of nitriles is 1. The molecule has 2 rings (SSSR count). The quantitative estimate of drug-likeness (QED) is 0.231. The fourth-order valence-corrected chi connectivity index (χ4v) is 4.17. The van der Waals surface area contributed by atoms with Crippen LogP contribution < -0.4 is 0 Å². The summed E-state index contributed by atoms with van der Waals surface area (Å²) in [4.78, 5) is 20.2. The molecule has 1 amide bonds. The molecule has 0 saturated heterocycles. The van der Waals surface area contributed by atoms with Gasteiger partial charge in [0.15, 0.2) is 17.5 Å². The van der Waals surface area contributed by atoms with Crippen molar-refractivity contribution in [3.63, 3.8) is 0 Å². The maximum Gasteiger partial charge on any atom is 0.428 e. The fourth-order valence-electron chi connectivity index (χ4n) is 2.82. The van der Waals surface area contributed by atoms with Crippen LogP contribution in [-0.4, -0.2) is 38.4 Å². The van der Waals surface area contributed by atoms with Gasteiger partial charge in [-0.1, -0.05) is 24.8 Å². The first-order chi connectivity index (χ1) is 16.5. The van der Waals surface area contributed by atoms with Crippen molar-refractivity contribution in [1.82, 2.24) is 9.29 Å². The summed E-state index contributed by atoms with van der Waals surface area (Å²) in [6.07, 6.45) is 1.78. The third kappa shape index (κ3) is 8.64. The van der Waals surface area contributed by atoms with Crippen LogP contribution in [-0.2, 0) is 11.2 Å². The summed E-state index contributed by atoms with van der Waals surface area (Å²) in [5, 5.41) is 8.58. The second kappa shape index (κ2) is 12.7. The molecule has 6 nitrogen and oxygen atoms in total. The smallest absolute Gasteiger partial charge is 0.428 e. The van der Waals surface area contributed by atoms with E-state index >= 15 is 0 Å². The predicted molar refractivity (Wildman–Crippen MR) is 135 cm³/mol. The number of amides is 1. The number of amidine groups is 1. The van der Waals surface area contributed by atoms with Crippen LogP contribution >= 0.6 is 24.1 Å². The highest BCUT2D eigenvalue weighted by Crippen LogP contribution is 2.28. The normalized spacial score (nSPS) is 13.2. The minimum absolute atomic E-state index is 0.0496. The van der Waals surface area contributed by atoms with Gasteiger partial charge in [0.1, 0.15) is 23.3 Å². The zero-order valence-corrected chi connectivity index (χ0v) is 21.5. The van der Waals surface area contributed by atoms with E-state index in [1.807, 2.05) is 6.07 Å². The number of rotatable bonds is 6. The Balaban J connectivity index is 2.16. The van der Waals surface area contributed by atoms with E-state index in [1.165, 1.54) is 49.7 Å². The third-order valence-electron chi connectivity index (χ3n) is 4.31. The number of aromatic nitrogens is 1. The monoisotopic (exact) mass is 522 g/mol. The molecular weight excluding hydrogens is 497 g/mol. The zero-order valence-electron chi connectivity index (χ0n) is 19.9. The SMILES string of the molecule is CN=C(SC(C)Cc1cc(/C=C(\F)c2ccc(C#N)cn2)ccc1F)N(SF)C(=O)OC(C)(C)C. The van der Waals surface area contributed by atoms with Crippen molar-refractivity contribution in [2.24, 2.45) is 4.99 Å². The van der Waals surface area contributed by atoms with Gasteiger partial charge in [0, 0.05) is 18.5 Å². The van der Waals surface area contributed by atoms with Gasteiger partial charge in [-0.15, -0.1) is 3.89 Å². The fraction of sp³-hybridized carbons (Fsp3) is 0.333. The second-order valence-corrected chi connectivity index (χ2v) is 10.3. The number of aliphatic imine (C=N–C) groups is 1. The summed E-state index contributed by atoms with van der Waals surface area (Å²) in [5.41, 5.74) is 0.268. The summed E-state index contributed by atoms with van der Waals surface area (Å²) < 4.78 is 48.5. The van der Waals surface area contributed by atoms with Crippen LogP contribution in [0.2, 0.25) is 0 Å². The molecule has 11 heteroatoms. The molecule has 0 aliphatic carbocycles. The third-order valence-corrected chi connectivity index (χ3v) is 6.03. The Labute approximate surface area is 211 Å². The van der Waals surface area contributed by atoms with Crippen molar-refractivity contribution < 1.29 is 22.2 Å². The van der Waals surface area contributed by atoms with Crippen molar-refractivity contribution in [2.75, 3.05) is 7.05 Å². The van der Waals surface area contributed by atoms with Crippen LogP contribution in [0.3, 0.4) is 0 Å². The van der Waals surface area contributed by atoms with Gasteiger partial charge in [-0.2, -0.15) is 9.57 Å². The van der Waals surface area contributed by atoms with Crippen molar-refractivity contribution in [3.8, 4) is 6.07 Å². The number of ether oxygens (including phenoxy) is 1. The average Bonchev–Trinajstić information content (AvgIpc) is 2.79. The van der Waals surface area contributed by atoms with E-state index in [0.29, 0.717) is 21.0 Å². The highest BCUT2D eigenvalue weighted by Gasteiger charge is 2.28. The summed E-state index contributed by atoms with van der Waals surface area (Å²) in [7, 11) is 1.41. The first kappa shape index (κ1) is 28.3. The number of halogens is 3. The molecule has 0 N–H and O–H groups in total. The highest BCUT2D eigenvalue weighted by molar-refractivity contribution is 8.15. The standard InChI is InChI=1S/C24H25F3N4O2S2/c1-15(34-22(29-5)31(35-27)23(32)33-24(2,3)4)10-18-11-16(6-8-19(18)25)12-20(26)21-9-7-17(13-28)14-30-21/h6-9,11-12,14-15H,10H2,1-5H3/b20-12-,29-22?. The summed E-state index contributed by atoms with van der Waals surface area (Å²) in [6.45, 7) is 6.76. The highest BCUT2D eigenvalue weighted by atomic mass is 32.2. The lowest BCUT2D eigenvalue weighted by Crippen LogP contribution is -2.35. The summed E-state index contributed by atoms with van der Waals surface area (Å²) in [5.74, 6) is -1.12. The molecule has 2 aromatic rings. The Morgan fingerprint density at radius 3 is 2.60 bits per heavy atom. The Hall–Kier alpha value is -2.97. The van der Waals surface area contributed by atoms with Crippen molar-refractivity contribution >= 4 is 47.3 Å². The molecule has 0 radical (unpaired) electrons. The molecule has 0 aliphatic rings. The van der Waals surface area contributed by atoms with Gasteiger partial charge in [0.05, 0.1) is 11.3 Å². The number of benzene rings is 1. The molecule has 186 valence electrons.